The van der Waals surface area contributed by atoms with Crippen LogP contribution in [0.25, 0.3) is 0 Å². The minimum Gasteiger partial charge on any atom is -0.354 e. The molecule has 0 unspecified atom stereocenters. The highest BCUT2D eigenvalue weighted by Gasteiger charge is 2.32. The average Bonchev–Trinajstić information content (AvgIpc) is 2.81. The molecular formula is C27H29ClN2O2. The van der Waals surface area contributed by atoms with Gasteiger partial charge >= 0.3 is 0 Å². The lowest BCUT2D eigenvalue weighted by Gasteiger charge is -2.33. The van der Waals surface area contributed by atoms with Crippen molar-refractivity contribution in [3.8, 4) is 0 Å². The zero-order valence-corrected chi connectivity index (χ0v) is 19.3. The zero-order chi connectivity index (χ0) is 22.9. The van der Waals surface area contributed by atoms with E-state index in [0.717, 1.165) is 23.1 Å². The Labute approximate surface area is 195 Å². The SMILES string of the molecule is CC(C)C(=O)N(Cc1ccc(Cl)cc1)[C@@H](C(=O)NCCc1ccccc1)c1ccccc1. The highest BCUT2D eigenvalue weighted by Crippen LogP contribution is 2.26. The Morgan fingerprint density at radius 2 is 1.44 bits per heavy atom. The molecule has 3 aromatic rings. The van der Waals surface area contributed by atoms with Crippen molar-refractivity contribution in [2.24, 2.45) is 5.92 Å². The van der Waals surface area contributed by atoms with Crippen LogP contribution < -0.4 is 5.32 Å². The maximum Gasteiger partial charge on any atom is 0.247 e. The molecule has 5 heteroatoms. The van der Waals surface area contributed by atoms with Crippen molar-refractivity contribution in [3.05, 3.63) is 107 Å². The van der Waals surface area contributed by atoms with Gasteiger partial charge < -0.3 is 10.2 Å². The molecule has 4 nitrogen and oxygen atoms in total. The molecule has 32 heavy (non-hydrogen) atoms. The first kappa shape index (κ1) is 23.6. The Balaban J connectivity index is 1.86. The van der Waals surface area contributed by atoms with Crippen LogP contribution in [0.4, 0.5) is 0 Å². The van der Waals surface area contributed by atoms with Crippen molar-refractivity contribution in [1.29, 1.82) is 0 Å². The Morgan fingerprint density at radius 1 is 0.844 bits per heavy atom. The lowest BCUT2D eigenvalue weighted by molar-refractivity contribution is -0.144. The number of nitrogens with zero attached hydrogens (tertiary/aromatic N) is 1. The number of hydrogen-bond donors (Lipinski definition) is 1. The fraction of sp³-hybridized carbons (Fsp3) is 0.259. The Morgan fingerprint density at radius 3 is 2.03 bits per heavy atom. The van der Waals surface area contributed by atoms with Gasteiger partial charge in [-0.2, -0.15) is 0 Å². The average molecular weight is 449 g/mol. The van der Waals surface area contributed by atoms with E-state index >= 15 is 0 Å². The van der Waals surface area contributed by atoms with Crippen LogP contribution in [0.2, 0.25) is 5.02 Å². The van der Waals surface area contributed by atoms with Gasteiger partial charge in [0.2, 0.25) is 11.8 Å². The molecule has 0 saturated carbocycles. The highest BCUT2D eigenvalue weighted by atomic mass is 35.5. The van der Waals surface area contributed by atoms with Gasteiger partial charge in [-0.15, -0.1) is 0 Å². The van der Waals surface area contributed by atoms with Crippen molar-refractivity contribution in [2.45, 2.75) is 32.9 Å². The van der Waals surface area contributed by atoms with Gasteiger partial charge in [-0.05, 0) is 35.2 Å². The van der Waals surface area contributed by atoms with E-state index < -0.39 is 6.04 Å². The number of hydrogen-bond acceptors (Lipinski definition) is 2. The van der Waals surface area contributed by atoms with Crippen molar-refractivity contribution >= 4 is 23.4 Å². The lowest BCUT2D eigenvalue weighted by Crippen LogP contribution is -2.45. The number of halogens is 1. The molecule has 1 N–H and O–H groups in total. The minimum atomic E-state index is -0.724. The summed E-state index contributed by atoms with van der Waals surface area (Å²) in [4.78, 5) is 28.3. The van der Waals surface area contributed by atoms with E-state index in [9.17, 15) is 9.59 Å². The second kappa shape index (κ2) is 11.5. The third-order valence-corrected chi connectivity index (χ3v) is 5.53. The molecule has 0 heterocycles. The second-order valence-corrected chi connectivity index (χ2v) is 8.52. The van der Waals surface area contributed by atoms with Crippen LogP contribution in [0, 0.1) is 5.92 Å². The number of carbonyl (C=O) groups is 2. The Bertz CT molecular complexity index is 1000. The molecule has 0 spiro atoms. The summed E-state index contributed by atoms with van der Waals surface area (Å²) in [6, 6.07) is 26.1. The Kier molecular flexibility index (Phi) is 8.46. The van der Waals surface area contributed by atoms with Gasteiger partial charge in [0.15, 0.2) is 0 Å². The van der Waals surface area contributed by atoms with Gasteiger partial charge in [0.1, 0.15) is 6.04 Å². The van der Waals surface area contributed by atoms with E-state index in [4.69, 9.17) is 11.6 Å². The first-order valence-corrected chi connectivity index (χ1v) is 11.2. The summed E-state index contributed by atoms with van der Waals surface area (Å²) in [5, 5.41) is 3.68. The molecule has 3 rings (SSSR count). The van der Waals surface area contributed by atoms with Crippen molar-refractivity contribution in [3.63, 3.8) is 0 Å². The third-order valence-electron chi connectivity index (χ3n) is 5.27. The smallest absolute Gasteiger partial charge is 0.247 e. The molecule has 0 aliphatic carbocycles. The van der Waals surface area contributed by atoms with Crippen LogP contribution in [0.1, 0.15) is 36.6 Å². The maximum atomic E-state index is 13.4. The molecule has 1 atom stereocenters. The van der Waals surface area contributed by atoms with E-state index in [1.807, 2.05) is 86.6 Å². The summed E-state index contributed by atoms with van der Waals surface area (Å²) < 4.78 is 0. The largest absolute Gasteiger partial charge is 0.354 e. The molecular weight excluding hydrogens is 420 g/mol. The molecule has 3 aromatic carbocycles. The molecule has 0 saturated heterocycles. The molecule has 0 aliphatic rings. The van der Waals surface area contributed by atoms with Crippen LogP contribution in [0.15, 0.2) is 84.9 Å². The summed E-state index contributed by atoms with van der Waals surface area (Å²) >= 11 is 6.03. The topological polar surface area (TPSA) is 49.4 Å². The summed E-state index contributed by atoms with van der Waals surface area (Å²) in [6.45, 7) is 4.52. The van der Waals surface area contributed by atoms with Crippen LogP contribution in [-0.2, 0) is 22.6 Å². The molecule has 0 radical (unpaired) electrons. The quantitative estimate of drug-likeness (QED) is 0.474. The number of amides is 2. The number of rotatable bonds is 9. The molecule has 0 aliphatic heterocycles. The fourth-order valence-corrected chi connectivity index (χ4v) is 3.72. The van der Waals surface area contributed by atoms with Crippen LogP contribution in [0.5, 0.6) is 0 Å². The maximum absolute atomic E-state index is 13.4. The highest BCUT2D eigenvalue weighted by molar-refractivity contribution is 6.30. The Hall–Kier alpha value is -3.11. The normalized spacial score (nSPS) is 11.8. The standard InChI is InChI=1S/C27H29ClN2O2/c1-20(2)27(32)30(19-22-13-15-24(28)16-14-22)25(23-11-7-4-8-12-23)26(31)29-18-17-21-9-5-3-6-10-21/h3-16,20,25H,17-19H2,1-2H3,(H,29,31)/t25-/m1/s1. The van der Waals surface area contributed by atoms with E-state index in [1.54, 1.807) is 17.0 Å². The molecule has 0 fully saturated rings. The van der Waals surface area contributed by atoms with Crippen LogP contribution in [-0.4, -0.2) is 23.3 Å². The third kappa shape index (κ3) is 6.44. The summed E-state index contributed by atoms with van der Waals surface area (Å²) in [6.07, 6.45) is 0.726. The molecule has 0 bridgehead atoms. The minimum absolute atomic E-state index is 0.0768. The van der Waals surface area contributed by atoms with E-state index in [1.165, 1.54) is 0 Å². The van der Waals surface area contributed by atoms with E-state index in [0.29, 0.717) is 18.1 Å². The predicted molar refractivity (Wildman–Crippen MR) is 129 cm³/mol. The van der Waals surface area contributed by atoms with E-state index in [2.05, 4.69) is 5.32 Å². The van der Waals surface area contributed by atoms with Gasteiger partial charge in [-0.25, -0.2) is 0 Å². The molecule has 166 valence electrons. The van der Waals surface area contributed by atoms with Crippen molar-refractivity contribution in [2.75, 3.05) is 6.54 Å². The monoisotopic (exact) mass is 448 g/mol. The van der Waals surface area contributed by atoms with Gasteiger partial charge in [-0.1, -0.05) is 98.2 Å². The first-order chi connectivity index (χ1) is 15.5. The lowest BCUT2D eigenvalue weighted by atomic mass is 10.0. The van der Waals surface area contributed by atoms with Gasteiger partial charge in [-0.3, -0.25) is 9.59 Å². The number of carbonyl (C=O) groups excluding carboxylic acids is 2. The zero-order valence-electron chi connectivity index (χ0n) is 18.5. The van der Waals surface area contributed by atoms with Crippen molar-refractivity contribution in [1.82, 2.24) is 10.2 Å². The molecule has 2 amide bonds. The summed E-state index contributed by atoms with van der Waals surface area (Å²) in [5.41, 5.74) is 2.86. The molecule has 0 aromatic heterocycles. The van der Waals surface area contributed by atoms with Crippen LogP contribution in [0.3, 0.4) is 0 Å². The van der Waals surface area contributed by atoms with Gasteiger partial charge in [0.25, 0.3) is 0 Å². The van der Waals surface area contributed by atoms with Crippen LogP contribution >= 0.6 is 11.6 Å². The van der Waals surface area contributed by atoms with Crippen molar-refractivity contribution < 1.29 is 9.59 Å². The van der Waals surface area contributed by atoms with E-state index in [-0.39, 0.29) is 17.7 Å². The number of nitrogens with one attached hydrogen (secondary N) is 1. The number of benzene rings is 3. The van der Waals surface area contributed by atoms with Gasteiger partial charge in [0.05, 0.1) is 0 Å². The second-order valence-electron chi connectivity index (χ2n) is 8.09. The summed E-state index contributed by atoms with van der Waals surface area (Å²) in [7, 11) is 0. The fourth-order valence-electron chi connectivity index (χ4n) is 3.59. The van der Waals surface area contributed by atoms with Gasteiger partial charge in [0, 0.05) is 24.0 Å². The predicted octanol–water partition coefficient (Wildman–Crippen LogP) is 5.42. The summed E-state index contributed by atoms with van der Waals surface area (Å²) in [5.74, 6) is -0.507. The first-order valence-electron chi connectivity index (χ1n) is 10.9.